The van der Waals surface area contributed by atoms with Crippen LogP contribution in [0.3, 0.4) is 0 Å². The van der Waals surface area contributed by atoms with Gasteiger partial charge in [0.2, 0.25) is 0 Å². The van der Waals surface area contributed by atoms with E-state index in [0.717, 1.165) is 44.2 Å². The Balaban J connectivity index is 1.29. The number of aromatic nitrogens is 2. The molecule has 3 rings (SSSR count). The van der Waals surface area contributed by atoms with Crippen LogP contribution in [0.1, 0.15) is 36.2 Å². The maximum Gasteiger partial charge on any atom is 0.275 e. The number of hydrogen-bond donors (Lipinski definition) is 2. The zero-order chi connectivity index (χ0) is 19.1. The molecule has 2 heterocycles. The number of piperidine rings is 1. The molecule has 5 heteroatoms. The largest absolute Gasteiger partial charge is 0.351 e. The molecule has 1 aromatic heterocycles. The monoisotopic (exact) mass is 369 g/mol. The summed E-state index contributed by atoms with van der Waals surface area (Å²) in [6.45, 7) is 8.49. The summed E-state index contributed by atoms with van der Waals surface area (Å²) in [6.07, 6.45) is 4.53. The Hall–Kier alpha value is -2.14. The highest BCUT2D eigenvalue weighted by Gasteiger charge is 2.23. The summed E-state index contributed by atoms with van der Waals surface area (Å²) in [5.74, 6) is 0.944. The third-order valence-corrected chi connectivity index (χ3v) is 5.56. The number of nitrogens with zero attached hydrogens (tertiary/aromatic N) is 2. The average molecular weight is 370 g/mol. The fourth-order valence-corrected chi connectivity index (χ4v) is 4.06. The topological polar surface area (TPSA) is 51.4 Å². The van der Waals surface area contributed by atoms with Crippen molar-refractivity contribution in [2.24, 2.45) is 5.92 Å². The number of amides is 1. The van der Waals surface area contributed by atoms with E-state index in [1.165, 1.54) is 35.4 Å². The number of rotatable bonds is 8. The number of benzene rings is 1. The summed E-state index contributed by atoms with van der Waals surface area (Å²) < 4.78 is 2.02. The normalized spacial score (nSPS) is 19.8. The van der Waals surface area contributed by atoms with Gasteiger partial charge in [-0.2, -0.15) is 5.10 Å². The molecule has 1 fully saturated rings. The smallest absolute Gasteiger partial charge is 0.275 e. The predicted molar refractivity (Wildman–Crippen MR) is 108 cm³/mol. The summed E-state index contributed by atoms with van der Waals surface area (Å²) in [4.78, 5) is 13.6. The van der Waals surface area contributed by atoms with Crippen LogP contribution in [0.25, 0.3) is 0 Å². The molecular weight excluding hydrogens is 336 g/mol. The van der Waals surface area contributed by atoms with E-state index in [1.54, 1.807) is 0 Å². The fourth-order valence-electron chi connectivity index (χ4n) is 4.06. The molecule has 1 aliphatic rings. The van der Waals surface area contributed by atoms with Crippen LogP contribution >= 0.6 is 0 Å². The lowest BCUT2D eigenvalue weighted by Crippen LogP contribution is -3.14. The van der Waals surface area contributed by atoms with Crippen molar-refractivity contribution in [2.75, 3.05) is 26.2 Å². The first-order valence-corrected chi connectivity index (χ1v) is 10.3. The first-order chi connectivity index (χ1) is 13.1. The lowest BCUT2D eigenvalue weighted by Gasteiger charge is -2.29. The Morgan fingerprint density at radius 2 is 1.96 bits per heavy atom. The van der Waals surface area contributed by atoms with E-state index >= 15 is 0 Å². The molecule has 0 unspecified atom stereocenters. The van der Waals surface area contributed by atoms with Gasteiger partial charge >= 0.3 is 0 Å². The fraction of sp³-hybridized carbons (Fsp3) is 0.545. The molecule has 1 saturated heterocycles. The second kappa shape index (κ2) is 9.70. The van der Waals surface area contributed by atoms with Crippen molar-refractivity contribution in [3.8, 4) is 0 Å². The molecule has 0 radical (unpaired) electrons. The molecule has 5 nitrogen and oxygen atoms in total. The van der Waals surface area contributed by atoms with Crippen molar-refractivity contribution in [1.82, 2.24) is 15.1 Å². The van der Waals surface area contributed by atoms with E-state index in [9.17, 15) is 4.79 Å². The molecule has 27 heavy (non-hydrogen) atoms. The van der Waals surface area contributed by atoms with Gasteiger partial charge in [0.15, 0.2) is 6.54 Å². The quantitative estimate of drug-likeness (QED) is 0.694. The van der Waals surface area contributed by atoms with Gasteiger partial charge < -0.3 is 10.2 Å². The third kappa shape index (κ3) is 6.21. The second-order valence-corrected chi connectivity index (χ2v) is 7.91. The van der Waals surface area contributed by atoms with E-state index in [2.05, 4.69) is 53.7 Å². The standard InChI is InChI=1S/C22H32N4O/c1-18-15-19(2)26(24-18)12-6-11-23-22(27)17-25-13-9-21(10-14-25)16-20-7-4-3-5-8-20/h3-5,7-8,15,21H,6,9-14,16-17H2,1-2H3,(H,23,27)/p+1. The first-order valence-electron chi connectivity index (χ1n) is 10.3. The Bertz CT molecular complexity index is 717. The van der Waals surface area contributed by atoms with Gasteiger partial charge in [-0.1, -0.05) is 30.3 Å². The number of quaternary nitrogens is 1. The number of carbonyl (C=O) groups is 1. The van der Waals surface area contributed by atoms with Crippen LogP contribution in [0.5, 0.6) is 0 Å². The van der Waals surface area contributed by atoms with Gasteiger partial charge in [0, 0.05) is 18.8 Å². The molecule has 0 spiro atoms. The molecule has 1 aliphatic heterocycles. The average Bonchev–Trinajstić information content (AvgIpc) is 2.98. The predicted octanol–water partition coefficient (Wildman–Crippen LogP) is 1.54. The van der Waals surface area contributed by atoms with Crippen molar-refractivity contribution in [3.63, 3.8) is 0 Å². The van der Waals surface area contributed by atoms with E-state index in [1.807, 2.05) is 11.6 Å². The zero-order valence-corrected chi connectivity index (χ0v) is 16.7. The highest BCUT2D eigenvalue weighted by Crippen LogP contribution is 2.16. The van der Waals surface area contributed by atoms with Crippen molar-refractivity contribution < 1.29 is 9.69 Å². The van der Waals surface area contributed by atoms with Gasteiger partial charge in [-0.25, -0.2) is 0 Å². The Labute approximate surface area is 162 Å². The van der Waals surface area contributed by atoms with Gasteiger partial charge in [-0.15, -0.1) is 0 Å². The van der Waals surface area contributed by atoms with E-state index < -0.39 is 0 Å². The molecule has 2 N–H and O–H groups in total. The summed E-state index contributed by atoms with van der Waals surface area (Å²) in [5.41, 5.74) is 3.67. The molecule has 2 aromatic rings. The van der Waals surface area contributed by atoms with Crippen LogP contribution < -0.4 is 10.2 Å². The number of aryl methyl sites for hydroxylation is 3. The first kappa shape index (κ1) is 19.6. The van der Waals surface area contributed by atoms with Crippen LogP contribution in [-0.4, -0.2) is 41.9 Å². The zero-order valence-electron chi connectivity index (χ0n) is 16.7. The lowest BCUT2D eigenvalue weighted by atomic mass is 9.90. The van der Waals surface area contributed by atoms with Crippen LogP contribution in [-0.2, 0) is 17.8 Å². The minimum atomic E-state index is 0.180. The number of hydrogen-bond acceptors (Lipinski definition) is 2. The van der Waals surface area contributed by atoms with Crippen molar-refractivity contribution >= 4 is 5.91 Å². The minimum Gasteiger partial charge on any atom is -0.351 e. The molecule has 146 valence electrons. The van der Waals surface area contributed by atoms with Crippen LogP contribution in [0.4, 0.5) is 0 Å². The number of nitrogens with one attached hydrogen (secondary N) is 2. The summed E-state index contributed by atoms with van der Waals surface area (Å²) in [6, 6.07) is 12.8. The Kier molecular flexibility index (Phi) is 7.04. The second-order valence-electron chi connectivity index (χ2n) is 7.91. The Morgan fingerprint density at radius 3 is 2.63 bits per heavy atom. The Morgan fingerprint density at radius 1 is 1.22 bits per heavy atom. The lowest BCUT2D eigenvalue weighted by molar-refractivity contribution is -0.898. The molecule has 1 amide bonds. The van der Waals surface area contributed by atoms with Crippen molar-refractivity contribution in [2.45, 2.75) is 46.1 Å². The third-order valence-electron chi connectivity index (χ3n) is 5.56. The summed E-state index contributed by atoms with van der Waals surface area (Å²) >= 11 is 0. The van der Waals surface area contributed by atoms with Crippen LogP contribution in [0.2, 0.25) is 0 Å². The molecule has 0 saturated carbocycles. The highest BCUT2D eigenvalue weighted by atomic mass is 16.2. The molecule has 1 aromatic carbocycles. The van der Waals surface area contributed by atoms with E-state index in [0.29, 0.717) is 6.54 Å². The SMILES string of the molecule is Cc1cc(C)n(CCCNC(=O)C[NH+]2CCC(Cc3ccccc3)CC2)n1. The highest BCUT2D eigenvalue weighted by molar-refractivity contribution is 5.76. The van der Waals surface area contributed by atoms with Gasteiger partial charge in [0.05, 0.1) is 18.8 Å². The maximum atomic E-state index is 12.2. The van der Waals surface area contributed by atoms with Crippen molar-refractivity contribution in [3.05, 3.63) is 53.3 Å². The van der Waals surface area contributed by atoms with Gasteiger partial charge in [-0.05, 0) is 57.1 Å². The molecule has 0 bridgehead atoms. The minimum absolute atomic E-state index is 0.180. The summed E-state index contributed by atoms with van der Waals surface area (Å²) in [5, 5.41) is 7.53. The van der Waals surface area contributed by atoms with Crippen LogP contribution in [0, 0.1) is 19.8 Å². The van der Waals surface area contributed by atoms with E-state index in [-0.39, 0.29) is 5.91 Å². The maximum absolute atomic E-state index is 12.2. The number of carbonyl (C=O) groups excluding carboxylic acids is 1. The number of likely N-dealkylation sites (tertiary alicyclic amines) is 1. The molecule has 0 atom stereocenters. The van der Waals surface area contributed by atoms with Crippen LogP contribution in [0.15, 0.2) is 36.4 Å². The molecular formula is C22H33N4O+. The van der Waals surface area contributed by atoms with Gasteiger partial charge in [0.1, 0.15) is 0 Å². The van der Waals surface area contributed by atoms with Gasteiger partial charge in [-0.3, -0.25) is 9.48 Å². The molecule has 0 aliphatic carbocycles. The summed E-state index contributed by atoms with van der Waals surface area (Å²) in [7, 11) is 0. The van der Waals surface area contributed by atoms with Gasteiger partial charge in [0.25, 0.3) is 5.91 Å². The van der Waals surface area contributed by atoms with Crippen molar-refractivity contribution in [1.29, 1.82) is 0 Å². The van der Waals surface area contributed by atoms with E-state index in [4.69, 9.17) is 0 Å².